The second-order valence-electron chi connectivity index (χ2n) is 4.18. The first-order valence-electron chi connectivity index (χ1n) is 5.40. The minimum Gasteiger partial charge on any atom is -0.311 e. The smallest absolute Gasteiger partial charge is 0.152 e. The molecule has 0 aromatic rings. The Morgan fingerprint density at radius 3 is 2.67 bits per heavy atom. The molecular formula is C9H18N2O2S2. The highest BCUT2D eigenvalue weighted by Crippen LogP contribution is 2.10. The largest absolute Gasteiger partial charge is 0.311 e. The van der Waals surface area contributed by atoms with E-state index in [1.165, 1.54) is 5.75 Å². The monoisotopic (exact) mass is 250 g/mol. The number of hydrogen-bond donors (Lipinski definition) is 1. The summed E-state index contributed by atoms with van der Waals surface area (Å²) in [6, 6.07) is 0.546. The van der Waals surface area contributed by atoms with Crippen LogP contribution >= 0.6 is 11.8 Å². The predicted molar refractivity (Wildman–Crippen MR) is 64.2 cm³/mol. The van der Waals surface area contributed by atoms with Gasteiger partial charge >= 0.3 is 0 Å². The lowest BCUT2D eigenvalue weighted by atomic mass is 10.3. The molecule has 4 nitrogen and oxygen atoms in total. The molecule has 0 aliphatic carbocycles. The number of hydrogen-bond acceptors (Lipinski definition) is 5. The molecule has 1 atom stereocenters. The van der Waals surface area contributed by atoms with Crippen LogP contribution in [0.25, 0.3) is 0 Å². The highest BCUT2D eigenvalue weighted by Gasteiger charge is 2.24. The van der Waals surface area contributed by atoms with Crippen molar-refractivity contribution < 1.29 is 8.42 Å². The molecule has 2 saturated heterocycles. The van der Waals surface area contributed by atoms with Crippen molar-refractivity contribution in [3.63, 3.8) is 0 Å². The minimum absolute atomic E-state index is 0.340. The number of rotatable bonds is 2. The second kappa shape index (κ2) is 5.03. The van der Waals surface area contributed by atoms with Crippen LogP contribution in [0.4, 0.5) is 0 Å². The third-order valence-corrected chi connectivity index (χ3v) is 5.65. The highest BCUT2D eigenvalue weighted by molar-refractivity contribution is 7.99. The molecule has 2 heterocycles. The van der Waals surface area contributed by atoms with Gasteiger partial charge in [0.05, 0.1) is 11.5 Å². The van der Waals surface area contributed by atoms with Crippen LogP contribution < -0.4 is 5.32 Å². The maximum atomic E-state index is 11.2. The molecule has 6 heteroatoms. The van der Waals surface area contributed by atoms with E-state index in [4.69, 9.17) is 0 Å². The van der Waals surface area contributed by atoms with Gasteiger partial charge in [0.1, 0.15) is 0 Å². The van der Waals surface area contributed by atoms with Gasteiger partial charge in [0.25, 0.3) is 0 Å². The first kappa shape index (κ1) is 11.7. The number of nitrogens with one attached hydrogen (secondary N) is 1. The molecule has 0 amide bonds. The van der Waals surface area contributed by atoms with Crippen LogP contribution in [-0.2, 0) is 9.84 Å². The molecule has 15 heavy (non-hydrogen) atoms. The van der Waals surface area contributed by atoms with Gasteiger partial charge in [-0.1, -0.05) is 0 Å². The lowest BCUT2D eigenvalue weighted by Crippen LogP contribution is -2.50. The van der Waals surface area contributed by atoms with Crippen molar-refractivity contribution in [2.24, 2.45) is 0 Å². The molecule has 0 saturated carbocycles. The fraction of sp³-hybridized carbons (Fsp3) is 1.00. The van der Waals surface area contributed by atoms with E-state index in [-0.39, 0.29) is 0 Å². The summed E-state index contributed by atoms with van der Waals surface area (Å²) in [6.45, 7) is 3.51. The summed E-state index contributed by atoms with van der Waals surface area (Å²) < 4.78 is 22.5. The zero-order valence-electron chi connectivity index (χ0n) is 8.81. The molecule has 0 spiro atoms. The van der Waals surface area contributed by atoms with Gasteiger partial charge in [0.2, 0.25) is 0 Å². The molecule has 0 aromatic heterocycles. The Morgan fingerprint density at radius 2 is 2.07 bits per heavy atom. The van der Waals surface area contributed by atoms with Crippen LogP contribution in [0.15, 0.2) is 0 Å². The van der Waals surface area contributed by atoms with E-state index in [2.05, 4.69) is 10.2 Å². The fourth-order valence-corrected chi connectivity index (χ4v) is 4.19. The molecule has 2 fully saturated rings. The fourth-order valence-electron chi connectivity index (χ4n) is 1.98. The van der Waals surface area contributed by atoms with E-state index in [0.717, 1.165) is 18.8 Å². The van der Waals surface area contributed by atoms with E-state index in [1.807, 2.05) is 11.8 Å². The summed E-state index contributed by atoms with van der Waals surface area (Å²) in [5, 5.41) is 3.48. The average Bonchev–Trinajstić information content (AvgIpc) is 2.23. The zero-order valence-corrected chi connectivity index (χ0v) is 10.4. The van der Waals surface area contributed by atoms with Crippen molar-refractivity contribution in [1.29, 1.82) is 0 Å². The van der Waals surface area contributed by atoms with Crippen molar-refractivity contribution in [2.45, 2.75) is 6.04 Å². The Morgan fingerprint density at radius 1 is 1.33 bits per heavy atom. The van der Waals surface area contributed by atoms with Gasteiger partial charge in [-0.25, -0.2) is 8.42 Å². The maximum absolute atomic E-state index is 11.2. The lowest BCUT2D eigenvalue weighted by Gasteiger charge is -2.32. The molecule has 0 radical (unpaired) electrons. The van der Waals surface area contributed by atoms with E-state index in [1.54, 1.807) is 0 Å². The number of thioether (sulfide) groups is 1. The van der Waals surface area contributed by atoms with Gasteiger partial charge in [-0.2, -0.15) is 11.8 Å². The minimum atomic E-state index is -2.72. The van der Waals surface area contributed by atoms with Crippen LogP contribution in [-0.4, -0.2) is 68.5 Å². The van der Waals surface area contributed by atoms with Gasteiger partial charge in [-0.3, -0.25) is 4.90 Å². The van der Waals surface area contributed by atoms with Crippen molar-refractivity contribution >= 4 is 21.6 Å². The van der Waals surface area contributed by atoms with Crippen LogP contribution in [0.3, 0.4) is 0 Å². The van der Waals surface area contributed by atoms with Crippen molar-refractivity contribution in [2.75, 3.05) is 49.2 Å². The molecule has 0 bridgehead atoms. The molecule has 2 aliphatic heterocycles. The van der Waals surface area contributed by atoms with Gasteiger partial charge in [-0.15, -0.1) is 0 Å². The second-order valence-corrected chi connectivity index (χ2v) is 7.63. The first-order chi connectivity index (χ1) is 7.16. The molecule has 1 N–H and O–H groups in total. The van der Waals surface area contributed by atoms with Crippen LogP contribution in [0.2, 0.25) is 0 Å². The normalized spacial score (nSPS) is 32.7. The average molecular weight is 250 g/mol. The van der Waals surface area contributed by atoms with E-state index < -0.39 is 9.84 Å². The number of sulfone groups is 1. The van der Waals surface area contributed by atoms with E-state index in [9.17, 15) is 8.42 Å². The van der Waals surface area contributed by atoms with Gasteiger partial charge in [0, 0.05) is 43.7 Å². The lowest BCUT2D eigenvalue weighted by molar-refractivity contribution is 0.267. The predicted octanol–water partition coefficient (Wildman–Crippen LogP) is -0.578. The SMILES string of the molecule is O=S1(=O)CCN(CC2CSCCN2)CC1. The zero-order chi connectivity index (χ0) is 10.7. The summed E-state index contributed by atoms with van der Waals surface area (Å²) >= 11 is 1.98. The summed E-state index contributed by atoms with van der Waals surface area (Å²) in [4.78, 5) is 2.27. The Kier molecular flexibility index (Phi) is 3.93. The quantitative estimate of drug-likeness (QED) is 0.711. The molecule has 2 rings (SSSR count). The third-order valence-electron chi connectivity index (χ3n) is 2.91. The Balaban J connectivity index is 1.76. The molecule has 2 aliphatic rings. The maximum Gasteiger partial charge on any atom is 0.152 e. The van der Waals surface area contributed by atoms with Gasteiger partial charge < -0.3 is 5.32 Å². The van der Waals surface area contributed by atoms with Crippen LogP contribution in [0, 0.1) is 0 Å². The first-order valence-corrected chi connectivity index (χ1v) is 8.37. The summed E-state index contributed by atoms with van der Waals surface area (Å²) in [7, 11) is -2.72. The Bertz CT molecular complexity index is 285. The van der Waals surface area contributed by atoms with Crippen molar-refractivity contribution in [3.8, 4) is 0 Å². The standard InChI is InChI=1S/C9H18N2O2S2/c12-15(13)5-2-11(3-6-15)7-9-8-14-4-1-10-9/h9-10H,1-8H2. The molecule has 88 valence electrons. The van der Waals surface area contributed by atoms with E-state index >= 15 is 0 Å². The number of nitrogens with zero attached hydrogens (tertiary/aromatic N) is 1. The summed E-state index contributed by atoms with van der Waals surface area (Å²) in [5.41, 5.74) is 0. The Hall–Kier alpha value is 0.220. The van der Waals surface area contributed by atoms with Crippen LogP contribution in [0.1, 0.15) is 0 Å². The van der Waals surface area contributed by atoms with Gasteiger partial charge in [-0.05, 0) is 0 Å². The van der Waals surface area contributed by atoms with Crippen molar-refractivity contribution in [3.05, 3.63) is 0 Å². The molecular weight excluding hydrogens is 232 g/mol. The summed E-state index contributed by atoms with van der Waals surface area (Å²) in [5.74, 6) is 3.04. The highest BCUT2D eigenvalue weighted by atomic mass is 32.2. The van der Waals surface area contributed by atoms with Crippen molar-refractivity contribution in [1.82, 2.24) is 10.2 Å². The van der Waals surface area contributed by atoms with E-state index in [0.29, 0.717) is 30.6 Å². The summed E-state index contributed by atoms with van der Waals surface area (Å²) in [6.07, 6.45) is 0. The third kappa shape index (κ3) is 3.62. The molecule has 1 unspecified atom stereocenters. The topological polar surface area (TPSA) is 49.4 Å². The van der Waals surface area contributed by atoms with Crippen LogP contribution in [0.5, 0.6) is 0 Å². The Labute approximate surface area is 95.7 Å². The van der Waals surface area contributed by atoms with Gasteiger partial charge in [0.15, 0.2) is 9.84 Å². The molecule has 0 aromatic carbocycles.